The van der Waals surface area contributed by atoms with Gasteiger partial charge in [-0.3, -0.25) is 9.59 Å². The molecule has 0 spiro atoms. The van der Waals surface area contributed by atoms with Gasteiger partial charge in [0, 0.05) is 19.7 Å². The molecule has 0 atom stereocenters. The predicted molar refractivity (Wildman–Crippen MR) is 96.3 cm³/mol. The average molecular weight is 355 g/mol. The van der Waals surface area contributed by atoms with Crippen molar-refractivity contribution in [2.45, 2.75) is 0 Å². The van der Waals surface area contributed by atoms with Gasteiger partial charge >= 0.3 is 5.97 Å². The first-order valence-electron chi connectivity index (χ1n) is 7.55. The lowest BCUT2D eigenvalue weighted by atomic mass is 10.1. The zero-order valence-electron chi connectivity index (χ0n) is 14.2. The molecule has 1 aromatic heterocycles. The Hall–Kier alpha value is -3.61. The fraction of sp³-hybridized carbons (Fsp3) is 0.105. The largest absolute Gasteiger partial charge is 0.502 e. The number of rotatable bonds is 3. The average Bonchev–Trinajstić information content (AvgIpc) is 2.65. The quantitative estimate of drug-likeness (QED) is 0.699. The number of amides is 1. The van der Waals surface area contributed by atoms with Crippen molar-refractivity contribution in [3.05, 3.63) is 64.3 Å². The maximum absolute atomic E-state index is 12.2. The number of hydrogen-bond acceptors (Lipinski definition) is 5. The molecular formula is C19H17NO6. The summed E-state index contributed by atoms with van der Waals surface area (Å²) in [5.74, 6) is -1.62. The number of nitrogens with zero attached hydrogens (tertiary/aromatic N) is 1. The van der Waals surface area contributed by atoms with E-state index in [0.29, 0.717) is 5.56 Å². The highest BCUT2D eigenvalue weighted by atomic mass is 16.4. The lowest BCUT2D eigenvalue weighted by Crippen LogP contribution is -2.06. The van der Waals surface area contributed by atoms with E-state index in [4.69, 9.17) is 9.52 Å². The van der Waals surface area contributed by atoms with E-state index in [-0.39, 0.29) is 22.3 Å². The molecule has 0 saturated heterocycles. The molecule has 0 bridgehead atoms. The molecule has 1 amide bonds. The molecule has 2 N–H and O–H groups in total. The molecule has 3 aromatic rings. The standard InChI is InChI=1S/C16H10O5.C3H7NO/c17-13-11-8-10(16(19)20)6-7-12(11)21-15(14(13)18)9-4-2-1-3-5-9;1-4(2)3-5/h1-8,18H,(H,19,20);3H,1-2H3. The van der Waals surface area contributed by atoms with Crippen LogP contribution in [0.4, 0.5) is 0 Å². The van der Waals surface area contributed by atoms with E-state index < -0.39 is 17.1 Å². The molecule has 2 aromatic carbocycles. The number of carboxylic acid groups (broad SMARTS) is 1. The van der Waals surface area contributed by atoms with Crippen LogP contribution in [-0.4, -0.2) is 41.6 Å². The highest BCUT2D eigenvalue weighted by Crippen LogP contribution is 2.29. The Bertz CT molecular complexity index is 992. The maximum atomic E-state index is 12.2. The smallest absolute Gasteiger partial charge is 0.335 e. The summed E-state index contributed by atoms with van der Waals surface area (Å²) in [7, 11) is 3.38. The Labute approximate surface area is 148 Å². The van der Waals surface area contributed by atoms with Crippen LogP contribution in [0.5, 0.6) is 5.75 Å². The first-order chi connectivity index (χ1) is 12.3. The van der Waals surface area contributed by atoms with Crippen molar-refractivity contribution in [1.82, 2.24) is 4.90 Å². The van der Waals surface area contributed by atoms with Crippen molar-refractivity contribution in [2.24, 2.45) is 0 Å². The molecule has 1 heterocycles. The van der Waals surface area contributed by atoms with Gasteiger partial charge in [0.1, 0.15) is 5.58 Å². The molecule has 7 heteroatoms. The molecule has 3 rings (SSSR count). The number of fused-ring (bicyclic) bond motifs is 1. The second-order valence-electron chi connectivity index (χ2n) is 5.56. The number of carbonyl (C=O) groups is 2. The van der Waals surface area contributed by atoms with Gasteiger partial charge < -0.3 is 19.5 Å². The van der Waals surface area contributed by atoms with Crippen LogP contribution >= 0.6 is 0 Å². The first-order valence-corrected chi connectivity index (χ1v) is 7.55. The summed E-state index contributed by atoms with van der Waals surface area (Å²) in [5.41, 5.74) is 0.0952. The normalized spacial score (nSPS) is 9.92. The molecular weight excluding hydrogens is 338 g/mol. The second-order valence-corrected chi connectivity index (χ2v) is 5.56. The van der Waals surface area contributed by atoms with Crippen LogP contribution in [0, 0.1) is 0 Å². The number of hydrogen-bond donors (Lipinski definition) is 2. The summed E-state index contributed by atoms with van der Waals surface area (Å²) in [6, 6.07) is 12.7. The molecule has 0 aliphatic heterocycles. The minimum absolute atomic E-state index is 0.0343. The zero-order valence-corrected chi connectivity index (χ0v) is 14.2. The fourth-order valence-electron chi connectivity index (χ4n) is 2.10. The number of carbonyl (C=O) groups excluding carboxylic acids is 1. The molecule has 0 aliphatic rings. The predicted octanol–water partition coefficient (Wildman–Crippen LogP) is 2.57. The Morgan fingerprint density at radius 3 is 2.27 bits per heavy atom. The van der Waals surface area contributed by atoms with Gasteiger partial charge in [-0.25, -0.2) is 4.79 Å². The van der Waals surface area contributed by atoms with Gasteiger partial charge in [-0.2, -0.15) is 0 Å². The van der Waals surface area contributed by atoms with Gasteiger partial charge in [0.25, 0.3) is 0 Å². The van der Waals surface area contributed by atoms with Gasteiger partial charge in [0.15, 0.2) is 5.76 Å². The molecule has 0 unspecified atom stereocenters. The minimum Gasteiger partial charge on any atom is -0.502 e. The van der Waals surface area contributed by atoms with Crippen LogP contribution in [0.1, 0.15) is 10.4 Å². The maximum Gasteiger partial charge on any atom is 0.335 e. The van der Waals surface area contributed by atoms with Crippen LogP contribution in [0.25, 0.3) is 22.3 Å². The number of benzene rings is 2. The summed E-state index contributed by atoms with van der Waals surface area (Å²) in [6.45, 7) is 0. The monoisotopic (exact) mass is 355 g/mol. The summed E-state index contributed by atoms with van der Waals surface area (Å²) >= 11 is 0. The third-order valence-corrected chi connectivity index (χ3v) is 3.36. The Balaban J connectivity index is 0.000000431. The van der Waals surface area contributed by atoms with E-state index in [1.54, 1.807) is 44.4 Å². The van der Waals surface area contributed by atoms with Crippen LogP contribution in [0.3, 0.4) is 0 Å². The molecule has 0 aliphatic carbocycles. The zero-order chi connectivity index (χ0) is 19.3. The lowest BCUT2D eigenvalue weighted by Gasteiger charge is -2.06. The summed E-state index contributed by atoms with van der Waals surface area (Å²) in [6.07, 6.45) is 0.750. The molecule has 0 saturated carbocycles. The third kappa shape index (κ3) is 4.07. The highest BCUT2D eigenvalue weighted by Gasteiger charge is 2.16. The molecule has 26 heavy (non-hydrogen) atoms. The third-order valence-electron chi connectivity index (χ3n) is 3.36. The SMILES string of the molecule is CN(C)C=O.O=C(O)c1ccc2oc(-c3ccccc3)c(O)c(=O)c2c1. The van der Waals surface area contributed by atoms with Crippen molar-refractivity contribution >= 4 is 23.3 Å². The highest BCUT2D eigenvalue weighted by molar-refractivity contribution is 5.93. The van der Waals surface area contributed by atoms with Crippen LogP contribution in [0.15, 0.2) is 57.7 Å². The summed E-state index contributed by atoms with van der Waals surface area (Å²) < 4.78 is 5.55. The van der Waals surface area contributed by atoms with Crippen molar-refractivity contribution in [3.63, 3.8) is 0 Å². The molecule has 0 radical (unpaired) electrons. The minimum atomic E-state index is -1.15. The molecule has 0 fully saturated rings. The van der Waals surface area contributed by atoms with Crippen LogP contribution in [-0.2, 0) is 4.79 Å². The van der Waals surface area contributed by atoms with E-state index in [0.717, 1.165) is 6.41 Å². The van der Waals surface area contributed by atoms with Crippen molar-refractivity contribution in [1.29, 1.82) is 0 Å². The van der Waals surface area contributed by atoms with Gasteiger partial charge in [-0.15, -0.1) is 0 Å². The molecule has 134 valence electrons. The Morgan fingerprint density at radius 1 is 1.12 bits per heavy atom. The van der Waals surface area contributed by atoms with Gasteiger partial charge in [-0.1, -0.05) is 30.3 Å². The number of aromatic carboxylic acids is 1. The summed E-state index contributed by atoms with van der Waals surface area (Å²) in [4.78, 5) is 34.0. The molecule has 7 nitrogen and oxygen atoms in total. The number of carboxylic acids is 1. The van der Waals surface area contributed by atoms with E-state index >= 15 is 0 Å². The Kier molecular flexibility index (Phi) is 5.74. The van der Waals surface area contributed by atoms with Gasteiger partial charge in [0.05, 0.1) is 10.9 Å². The van der Waals surface area contributed by atoms with Gasteiger partial charge in [-0.05, 0) is 18.2 Å². The van der Waals surface area contributed by atoms with Crippen LogP contribution in [0.2, 0.25) is 0 Å². The second kappa shape index (κ2) is 7.98. The van der Waals surface area contributed by atoms with Crippen molar-refractivity contribution in [2.75, 3.05) is 14.1 Å². The Morgan fingerprint density at radius 2 is 1.73 bits per heavy atom. The van der Waals surface area contributed by atoms with Gasteiger partial charge in [0.2, 0.25) is 17.6 Å². The lowest BCUT2D eigenvalue weighted by molar-refractivity contribution is -0.115. The van der Waals surface area contributed by atoms with Crippen molar-refractivity contribution in [3.8, 4) is 17.1 Å². The van der Waals surface area contributed by atoms with E-state index in [2.05, 4.69) is 0 Å². The van der Waals surface area contributed by atoms with Crippen LogP contribution < -0.4 is 5.43 Å². The topological polar surface area (TPSA) is 108 Å². The van der Waals surface area contributed by atoms with E-state index in [1.807, 2.05) is 0 Å². The fourth-order valence-corrected chi connectivity index (χ4v) is 2.10. The van der Waals surface area contributed by atoms with E-state index in [1.165, 1.54) is 23.1 Å². The summed E-state index contributed by atoms with van der Waals surface area (Å²) in [5, 5.41) is 19.0. The first kappa shape index (κ1) is 18.7. The van der Waals surface area contributed by atoms with Crippen molar-refractivity contribution < 1.29 is 24.2 Å². The number of aromatic hydroxyl groups is 1. The van der Waals surface area contributed by atoms with E-state index in [9.17, 15) is 19.5 Å².